The minimum absolute atomic E-state index is 0.0754. The molecule has 1 atom stereocenters. The molecule has 1 aliphatic carbocycles. The lowest BCUT2D eigenvalue weighted by atomic mass is 10.1. The van der Waals surface area contributed by atoms with Crippen molar-refractivity contribution in [2.24, 2.45) is 5.73 Å². The Labute approximate surface area is 114 Å². The number of carbonyl (C=O) groups is 1. The number of ether oxygens (including phenoxy) is 1. The highest BCUT2D eigenvalue weighted by atomic mass is 16.6. The average molecular weight is 262 g/mol. The quantitative estimate of drug-likeness (QED) is 0.907. The molecule has 1 aromatic carbocycles. The van der Waals surface area contributed by atoms with Crippen LogP contribution in [-0.2, 0) is 6.42 Å². The Morgan fingerprint density at radius 2 is 2.32 bits per heavy atom. The van der Waals surface area contributed by atoms with Crippen LogP contribution in [-0.4, -0.2) is 24.6 Å². The van der Waals surface area contributed by atoms with Gasteiger partial charge in [0.15, 0.2) is 0 Å². The maximum Gasteiger partial charge on any atom is 0.414 e. The van der Waals surface area contributed by atoms with Crippen LogP contribution < -0.4 is 10.5 Å². The van der Waals surface area contributed by atoms with E-state index in [2.05, 4.69) is 6.92 Å². The maximum absolute atomic E-state index is 11.9. The number of hydrogen-bond acceptors (Lipinski definition) is 3. The zero-order valence-electron chi connectivity index (χ0n) is 11.7. The van der Waals surface area contributed by atoms with Gasteiger partial charge in [0.25, 0.3) is 0 Å². The molecule has 104 valence electrons. The number of hydrogen-bond donors (Lipinski definition) is 1. The molecule has 2 N–H and O–H groups in total. The van der Waals surface area contributed by atoms with Crippen molar-refractivity contribution in [2.75, 3.05) is 13.6 Å². The standard InChI is InChI=1S/C15H22N2O2/c1-3-4-9-17(2)15(18)19-12-7-5-11-6-8-14(16)13(11)10-12/h5,7,10,14H,3-4,6,8-9,16H2,1-2H3/t14-/m1/s1. The lowest BCUT2D eigenvalue weighted by Gasteiger charge is -2.16. The molecule has 2 rings (SSSR count). The predicted molar refractivity (Wildman–Crippen MR) is 75.3 cm³/mol. The number of amides is 1. The van der Waals surface area contributed by atoms with E-state index in [1.54, 1.807) is 11.9 Å². The van der Waals surface area contributed by atoms with Gasteiger partial charge >= 0.3 is 6.09 Å². The summed E-state index contributed by atoms with van der Waals surface area (Å²) in [4.78, 5) is 13.5. The largest absolute Gasteiger partial charge is 0.414 e. The first-order valence-electron chi connectivity index (χ1n) is 6.93. The Morgan fingerprint density at radius 1 is 1.53 bits per heavy atom. The molecule has 0 bridgehead atoms. The van der Waals surface area contributed by atoms with Crippen molar-refractivity contribution in [3.05, 3.63) is 29.3 Å². The number of nitrogens with zero attached hydrogens (tertiary/aromatic N) is 1. The fourth-order valence-corrected chi connectivity index (χ4v) is 2.34. The summed E-state index contributed by atoms with van der Waals surface area (Å²) in [6.07, 6.45) is 3.73. The topological polar surface area (TPSA) is 55.6 Å². The second kappa shape index (κ2) is 6.06. The number of unbranched alkanes of at least 4 members (excludes halogenated alkanes) is 1. The Balaban J connectivity index is 2.00. The summed E-state index contributed by atoms with van der Waals surface area (Å²) in [5, 5.41) is 0. The van der Waals surface area contributed by atoms with E-state index < -0.39 is 0 Å². The van der Waals surface area contributed by atoms with Crippen molar-refractivity contribution in [1.82, 2.24) is 4.90 Å². The van der Waals surface area contributed by atoms with Gasteiger partial charge in [0.2, 0.25) is 0 Å². The van der Waals surface area contributed by atoms with Crippen LogP contribution in [0.2, 0.25) is 0 Å². The number of nitrogens with two attached hydrogens (primary N) is 1. The van der Waals surface area contributed by atoms with Gasteiger partial charge in [-0.05, 0) is 42.5 Å². The van der Waals surface area contributed by atoms with E-state index >= 15 is 0 Å². The molecule has 0 saturated carbocycles. The lowest BCUT2D eigenvalue weighted by Crippen LogP contribution is -2.30. The summed E-state index contributed by atoms with van der Waals surface area (Å²) in [7, 11) is 1.76. The molecule has 0 unspecified atom stereocenters. The van der Waals surface area contributed by atoms with E-state index in [-0.39, 0.29) is 12.1 Å². The lowest BCUT2D eigenvalue weighted by molar-refractivity contribution is 0.162. The molecule has 1 aliphatic rings. The van der Waals surface area contributed by atoms with E-state index in [0.29, 0.717) is 5.75 Å². The summed E-state index contributed by atoms with van der Waals surface area (Å²) in [6, 6.07) is 5.84. The van der Waals surface area contributed by atoms with Gasteiger partial charge in [-0.15, -0.1) is 0 Å². The van der Waals surface area contributed by atoms with Crippen molar-refractivity contribution in [3.63, 3.8) is 0 Å². The van der Waals surface area contributed by atoms with Crippen molar-refractivity contribution >= 4 is 6.09 Å². The molecule has 0 spiro atoms. The van der Waals surface area contributed by atoms with Gasteiger partial charge in [-0.25, -0.2) is 4.79 Å². The molecule has 0 aromatic heterocycles. The normalized spacial score (nSPS) is 17.1. The molecular formula is C15H22N2O2. The van der Waals surface area contributed by atoms with Gasteiger partial charge in [0.1, 0.15) is 5.75 Å². The van der Waals surface area contributed by atoms with Crippen molar-refractivity contribution in [2.45, 2.75) is 38.6 Å². The first-order chi connectivity index (χ1) is 9.11. The van der Waals surface area contributed by atoms with Crippen LogP contribution in [0.1, 0.15) is 43.4 Å². The monoisotopic (exact) mass is 262 g/mol. The van der Waals surface area contributed by atoms with E-state index in [0.717, 1.165) is 37.8 Å². The third kappa shape index (κ3) is 3.26. The molecule has 1 amide bonds. The Kier molecular flexibility index (Phi) is 4.43. The van der Waals surface area contributed by atoms with Crippen LogP contribution in [0.4, 0.5) is 4.79 Å². The first kappa shape index (κ1) is 13.9. The average Bonchev–Trinajstić information content (AvgIpc) is 2.77. The van der Waals surface area contributed by atoms with Gasteiger partial charge in [-0.2, -0.15) is 0 Å². The van der Waals surface area contributed by atoms with Crippen LogP contribution in [0, 0.1) is 0 Å². The number of fused-ring (bicyclic) bond motifs is 1. The highest BCUT2D eigenvalue weighted by molar-refractivity contribution is 5.70. The Bertz CT molecular complexity index is 459. The fourth-order valence-electron chi connectivity index (χ4n) is 2.34. The molecule has 0 saturated heterocycles. The third-order valence-electron chi connectivity index (χ3n) is 3.61. The predicted octanol–water partition coefficient (Wildman–Crippen LogP) is 2.86. The second-order valence-electron chi connectivity index (χ2n) is 5.15. The van der Waals surface area contributed by atoms with E-state index in [1.165, 1.54) is 5.56 Å². The van der Waals surface area contributed by atoms with Gasteiger partial charge < -0.3 is 15.4 Å². The summed E-state index contributed by atoms with van der Waals surface area (Å²) >= 11 is 0. The molecule has 0 fully saturated rings. The van der Waals surface area contributed by atoms with Crippen LogP contribution >= 0.6 is 0 Å². The number of benzene rings is 1. The maximum atomic E-state index is 11.9. The molecule has 19 heavy (non-hydrogen) atoms. The van der Waals surface area contributed by atoms with Crippen LogP contribution in [0.5, 0.6) is 5.75 Å². The molecular weight excluding hydrogens is 240 g/mol. The summed E-state index contributed by atoms with van der Waals surface area (Å²) in [5.41, 5.74) is 8.40. The zero-order chi connectivity index (χ0) is 13.8. The minimum Gasteiger partial charge on any atom is -0.410 e. The van der Waals surface area contributed by atoms with Gasteiger partial charge in [0, 0.05) is 19.6 Å². The van der Waals surface area contributed by atoms with Crippen LogP contribution in [0.25, 0.3) is 0 Å². The highest BCUT2D eigenvalue weighted by Crippen LogP contribution is 2.32. The smallest absolute Gasteiger partial charge is 0.410 e. The third-order valence-corrected chi connectivity index (χ3v) is 3.61. The Morgan fingerprint density at radius 3 is 3.05 bits per heavy atom. The second-order valence-corrected chi connectivity index (χ2v) is 5.15. The zero-order valence-corrected chi connectivity index (χ0v) is 11.7. The van der Waals surface area contributed by atoms with Crippen molar-refractivity contribution in [1.29, 1.82) is 0 Å². The van der Waals surface area contributed by atoms with Crippen LogP contribution in [0.3, 0.4) is 0 Å². The summed E-state index contributed by atoms with van der Waals surface area (Å²) < 4.78 is 5.38. The molecule has 0 radical (unpaired) electrons. The molecule has 4 nitrogen and oxygen atoms in total. The SMILES string of the molecule is CCCCN(C)C(=O)Oc1ccc2c(c1)[C@H](N)CC2. The van der Waals surface area contributed by atoms with Crippen LogP contribution in [0.15, 0.2) is 18.2 Å². The van der Waals surface area contributed by atoms with Gasteiger partial charge in [-0.3, -0.25) is 0 Å². The minimum atomic E-state index is -0.306. The summed E-state index contributed by atoms with van der Waals surface area (Å²) in [5.74, 6) is 0.587. The molecule has 1 aromatic rings. The molecule has 4 heteroatoms. The number of rotatable bonds is 4. The number of aryl methyl sites for hydroxylation is 1. The van der Waals surface area contributed by atoms with Gasteiger partial charge in [-0.1, -0.05) is 19.4 Å². The van der Waals surface area contributed by atoms with Gasteiger partial charge in [0.05, 0.1) is 0 Å². The molecule has 0 aliphatic heterocycles. The van der Waals surface area contributed by atoms with Crippen molar-refractivity contribution < 1.29 is 9.53 Å². The van der Waals surface area contributed by atoms with Crippen molar-refractivity contribution in [3.8, 4) is 5.75 Å². The number of carbonyl (C=O) groups excluding carboxylic acids is 1. The fraction of sp³-hybridized carbons (Fsp3) is 0.533. The van der Waals surface area contributed by atoms with E-state index in [1.807, 2.05) is 18.2 Å². The van der Waals surface area contributed by atoms with E-state index in [9.17, 15) is 4.79 Å². The molecule has 0 heterocycles. The first-order valence-corrected chi connectivity index (χ1v) is 6.93. The highest BCUT2D eigenvalue weighted by Gasteiger charge is 2.20. The van der Waals surface area contributed by atoms with E-state index in [4.69, 9.17) is 10.5 Å². The summed E-state index contributed by atoms with van der Waals surface area (Å²) in [6.45, 7) is 2.82. The Hall–Kier alpha value is -1.55.